The highest BCUT2D eigenvalue weighted by Crippen LogP contribution is 2.48. The van der Waals surface area contributed by atoms with Crippen LogP contribution in [0, 0.1) is 16.7 Å². The van der Waals surface area contributed by atoms with Crippen LogP contribution in [-0.4, -0.2) is 35.7 Å². The van der Waals surface area contributed by atoms with E-state index in [1.165, 1.54) is 55.3 Å². The summed E-state index contributed by atoms with van der Waals surface area (Å²) in [5.74, 6) is 0.814. The van der Waals surface area contributed by atoms with Crippen molar-refractivity contribution >= 4 is 27.5 Å². The fourth-order valence-electron chi connectivity index (χ4n) is 5.79. The molecule has 0 saturated heterocycles. The van der Waals surface area contributed by atoms with Gasteiger partial charge in [-0.25, -0.2) is 22.8 Å². The summed E-state index contributed by atoms with van der Waals surface area (Å²) in [7, 11) is -4.10. The Morgan fingerprint density at radius 2 is 1.93 bits per heavy atom. The van der Waals surface area contributed by atoms with Crippen LogP contribution in [0.1, 0.15) is 94.5 Å². The third-order valence-corrected chi connectivity index (χ3v) is 10.4. The summed E-state index contributed by atoms with van der Waals surface area (Å²) < 4.78 is 35.5. The highest BCUT2D eigenvalue weighted by Gasteiger charge is 2.36. The van der Waals surface area contributed by atoms with Gasteiger partial charge in [0.05, 0.1) is 17.1 Å². The van der Waals surface area contributed by atoms with Crippen molar-refractivity contribution in [2.75, 3.05) is 6.61 Å². The van der Waals surface area contributed by atoms with Crippen molar-refractivity contribution in [2.45, 2.75) is 89.9 Å². The molecule has 1 N–H and O–H groups in total. The van der Waals surface area contributed by atoms with Crippen LogP contribution in [0.25, 0.3) is 5.82 Å². The van der Waals surface area contributed by atoms with E-state index in [1.54, 1.807) is 30.5 Å². The lowest BCUT2D eigenvalue weighted by Crippen LogP contribution is -2.31. The third-order valence-electron chi connectivity index (χ3n) is 8.77. The molecule has 2 aliphatic carbocycles. The van der Waals surface area contributed by atoms with Gasteiger partial charge < -0.3 is 4.74 Å². The van der Waals surface area contributed by atoms with Gasteiger partial charge in [-0.2, -0.15) is 0 Å². The van der Waals surface area contributed by atoms with E-state index in [-0.39, 0.29) is 15.6 Å². The molecule has 2 aliphatic rings. The molecule has 0 bridgehead atoms. The average Bonchev–Trinajstić information content (AvgIpc) is 3.31. The summed E-state index contributed by atoms with van der Waals surface area (Å²) in [4.78, 5) is 17.2. The number of pyridine rings is 1. The number of hydrogen-bond donors (Lipinski definition) is 1. The number of unbranched alkanes of at least 4 members (excludes halogenated alkanes) is 1. The Morgan fingerprint density at radius 1 is 1.12 bits per heavy atom. The first-order valence-corrected chi connectivity index (χ1v) is 16.8. The van der Waals surface area contributed by atoms with Crippen molar-refractivity contribution < 1.29 is 17.9 Å². The quantitative estimate of drug-likeness (QED) is 0.162. The van der Waals surface area contributed by atoms with Crippen molar-refractivity contribution in [3.05, 3.63) is 64.9 Å². The zero-order valence-electron chi connectivity index (χ0n) is 24.7. The number of sulfonamides is 1. The molecule has 0 aliphatic heterocycles. The van der Waals surface area contributed by atoms with Crippen molar-refractivity contribution in [2.24, 2.45) is 16.7 Å². The van der Waals surface area contributed by atoms with Crippen molar-refractivity contribution in [3.8, 4) is 11.7 Å². The molecule has 1 aromatic carbocycles. The minimum Gasteiger partial charge on any atom is -0.477 e. The van der Waals surface area contributed by atoms with Gasteiger partial charge in [-0.05, 0) is 97.9 Å². The summed E-state index contributed by atoms with van der Waals surface area (Å²) >= 11 is 6.32. The summed E-state index contributed by atoms with van der Waals surface area (Å²) in [6.45, 7) is 7.54. The van der Waals surface area contributed by atoms with E-state index in [1.807, 2.05) is 6.07 Å². The molecular formula is C32H41ClN4O4S. The molecule has 226 valence electrons. The second kappa shape index (κ2) is 12.4. The Hall–Kier alpha value is -2.91. The summed E-state index contributed by atoms with van der Waals surface area (Å²) in [6.07, 6.45) is 13.2. The number of benzene rings is 1. The fraction of sp³-hybridized carbons (Fsp3) is 0.531. The number of rotatable bonds is 13. The summed E-state index contributed by atoms with van der Waals surface area (Å²) in [6, 6.07) is 11.5. The molecule has 0 radical (unpaired) electrons. The zero-order chi connectivity index (χ0) is 30.0. The Bertz CT molecular complexity index is 1530. The molecule has 2 heterocycles. The Labute approximate surface area is 254 Å². The van der Waals surface area contributed by atoms with Crippen LogP contribution in [0.4, 0.5) is 0 Å². The Balaban J connectivity index is 1.15. The lowest BCUT2D eigenvalue weighted by atomic mass is 9.89. The van der Waals surface area contributed by atoms with Gasteiger partial charge in [-0.1, -0.05) is 57.3 Å². The van der Waals surface area contributed by atoms with E-state index in [9.17, 15) is 13.2 Å². The number of aromatic nitrogens is 3. The Morgan fingerprint density at radius 3 is 2.64 bits per heavy atom. The molecule has 1 amide bonds. The summed E-state index contributed by atoms with van der Waals surface area (Å²) in [5, 5.41) is 4.25. The predicted octanol–water partition coefficient (Wildman–Crippen LogP) is 7.15. The number of aryl methyl sites for hydroxylation is 1. The number of nitrogens with one attached hydrogen (secondary N) is 1. The molecule has 2 fully saturated rings. The molecule has 3 aromatic rings. The van der Waals surface area contributed by atoms with Crippen molar-refractivity contribution in [1.29, 1.82) is 0 Å². The number of nitrogens with zero attached hydrogens (tertiary/aromatic N) is 3. The molecule has 1 unspecified atom stereocenters. The monoisotopic (exact) mass is 612 g/mol. The third kappa shape index (κ3) is 7.92. The molecule has 1 atom stereocenters. The smallest absolute Gasteiger partial charge is 0.268 e. The van der Waals surface area contributed by atoms with Gasteiger partial charge in [0.25, 0.3) is 15.9 Å². The molecule has 42 heavy (non-hydrogen) atoms. The standard InChI is InChI=1S/C32H41ClN4O4S/c1-31(2)15-13-24(22-31)8-5-4-7-23-9-6-10-25(21-23)42(39,40)36-30(38)26-11-12-27(34-29(26)33)37-19-14-28(35-37)41-20-18-32(3)16-17-32/h6,9-12,14,19,21,24H,4-5,7-8,13,15-18,20,22H2,1-3H3,(H,36,38). The maximum Gasteiger partial charge on any atom is 0.268 e. The van der Waals surface area contributed by atoms with E-state index in [0.717, 1.165) is 37.2 Å². The van der Waals surface area contributed by atoms with Crippen molar-refractivity contribution in [1.82, 2.24) is 19.5 Å². The maximum atomic E-state index is 13.1. The van der Waals surface area contributed by atoms with Gasteiger partial charge in [-0.3, -0.25) is 4.79 Å². The lowest BCUT2D eigenvalue weighted by molar-refractivity contribution is 0.0981. The molecule has 2 saturated carbocycles. The van der Waals surface area contributed by atoms with Crippen LogP contribution >= 0.6 is 11.6 Å². The predicted molar refractivity (Wildman–Crippen MR) is 164 cm³/mol. The van der Waals surface area contributed by atoms with E-state index in [0.29, 0.717) is 29.1 Å². The minimum absolute atomic E-state index is 0.0449. The second-order valence-corrected chi connectivity index (χ2v) is 15.2. The first-order chi connectivity index (χ1) is 19.9. The lowest BCUT2D eigenvalue weighted by Gasteiger charge is -2.17. The average molecular weight is 613 g/mol. The van der Waals surface area contributed by atoms with E-state index in [4.69, 9.17) is 16.3 Å². The van der Waals surface area contributed by atoms with Gasteiger partial charge in [0.1, 0.15) is 5.15 Å². The molecular weight excluding hydrogens is 572 g/mol. The molecule has 5 rings (SSSR count). The largest absolute Gasteiger partial charge is 0.477 e. The van der Waals surface area contributed by atoms with Crippen LogP contribution in [0.3, 0.4) is 0 Å². The highest BCUT2D eigenvalue weighted by atomic mass is 35.5. The van der Waals surface area contributed by atoms with Gasteiger partial charge in [0.15, 0.2) is 5.82 Å². The number of amides is 1. The zero-order valence-corrected chi connectivity index (χ0v) is 26.3. The molecule has 8 nitrogen and oxygen atoms in total. The van der Waals surface area contributed by atoms with E-state index >= 15 is 0 Å². The first-order valence-electron chi connectivity index (χ1n) is 14.9. The molecule has 0 spiro atoms. The van der Waals surface area contributed by atoms with Crippen LogP contribution in [0.2, 0.25) is 5.15 Å². The number of carbonyl (C=O) groups is 1. The number of carbonyl (C=O) groups excluding carboxylic acids is 1. The molecule has 2 aromatic heterocycles. The number of hydrogen-bond acceptors (Lipinski definition) is 6. The van der Waals surface area contributed by atoms with E-state index < -0.39 is 15.9 Å². The fourth-order valence-corrected chi connectivity index (χ4v) is 7.06. The van der Waals surface area contributed by atoms with E-state index in [2.05, 4.69) is 35.6 Å². The van der Waals surface area contributed by atoms with Gasteiger partial charge in [0.2, 0.25) is 5.88 Å². The Kier molecular flexibility index (Phi) is 8.99. The first kappa shape index (κ1) is 30.5. The summed E-state index contributed by atoms with van der Waals surface area (Å²) in [5.41, 5.74) is 1.75. The second-order valence-electron chi connectivity index (χ2n) is 13.1. The van der Waals surface area contributed by atoms with Gasteiger partial charge >= 0.3 is 0 Å². The number of ether oxygens (including phenoxy) is 1. The van der Waals surface area contributed by atoms with Crippen LogP contribution < -0.4 is 9.46 Å². The van der Waals surface area contributed by atoms with Crippen LogP contribution in [-0.2, 0) is 16.4 Å². The van der Waals surface area contributed by atoms with Gasteiger partial charge in [-0.15, -0.1) is 5.10 Å². The SMILES string of the molecule is CC1(C)CCC(CCCCc2cccc(S(=O)(=O)NC(=O)c3ccc(-n4ccc(OCCC5(C)CC5)n4)nc3Cl)c2)C1. The molecule has 10 heteroatoms. The van der Waals surface area contributed by atoms with Crippen molar-refractivity contribution in [3.63, 3.8) is 0 Å². The minimum atomic E-state index is -4.10. The van der Waals surface area contributed by atoms with Crippen LogP contribution in [0.15, 0.2) is 53.6 Å². The number of halogens is 1. The van der Waals surface area contributed by atoms with Gasteiger partial charge in [0, 0.05) is 12.3 Å². The maximum absolute atomic E-state index is 13.1. The van der Waals surface area contributed by atoms with Crippen LogP contribution in [0.5, 0.6) is 5.88 Å². The topological polar surface area (TPSA) is 103 Å². The normalized spacial score (nSPS) is 19.0. The highest BCUT2D eigenvalue weighted by molar-refractivity contribution is 7.90.